The molecule has 0 saturated heterocycles. The van der Waals surface area contributed by atoms with E-state index in [1.54, 1.807) is 7.11 Å². The second kappa shape index (κ2) is 4.40. The lowest BCUT2D eigenvalue weighted by atomic mass is 9.81. The molecule has 2 aliphatic heterocycles. The Kier molecular flexibility index (Phi) is 2.62. The van der Waals surface area contributed by atoms with Gasteiger partial charge in [-0.05, 0) is 29.8 Å². The summed E-state index contributed by atoms with van der Waals surface area (Å²) in [6, 6.07) is 13.4. The van der Waals surface area contributed by atoms with Crippen LogP contribution >= 0.6 is 0 Å². The monoisotopic (exact) mass is 284 g/mol. The van der Waals surface area contributed by atoms with Crippen molar-refractivity contribution in [3.8, 4) is 17.2 Å². The minimum atomic E-state index is -1.05. The van der Waals surface area contributed by atoms with E-state index in [0.717, 1.165) is 28.4 Å². The summed E-state index contributed by atoms with van der Waals surface area (Å²) in [7, 11) is 1.62. The van der Waals surface area contributed by atoms with Crippen molar-refractivity contribution in [2.75, 3.05) is 13.7 Å². The summed E-state index contributed by atoms with van der Waals surface area (Å²) in [5, 5.41) is 11.0. The van der Waals surface area contributed by atoms with Crippen LogP contribution in [-0.2, 0) is 6.42 Å². The fourth-order valence-electron chi connectivity index (χ4n) is 3.10. The predicted octanol–water partition coefficient (Wildman–Crippen LogP) is 2.49. The van der Waals surface area contributed by atoms with Crippen LogP contribution < -0.4 is 14.2 Å². The van der Waals surface area contributed by atoms with Gasteiger partial charge in [-0.2, -0.15) is 0 Å². The Morgan fingerprint density at radius 3 is 2.90 bits per heavy atom. The van der Waals surface area contributed by atoms with Crippen molar-refractivity contribution in [1.29, 1.82) is 0 Å². The molecule has 21 heavy (non-hydrogen) atoms. The first kappa shape index (κ1) is 12.5. The van der Waals surface area contributed by atoms with Crippen LogP contribution in [-0.4, -0.2) is 24.4 Å². The molecule has 0 fully saturated rings. The largest absolute Gasteiger partial charge is 0.497 e. The average molecular weight is 284 g/mol. The highest BCUT2D eigenvalue weighted by Crippen LogP contribution is 2.47. The summed E-state index contributed by atoms with van der Waals surface area (Å²) in [5.41, 5.74) is 0.789. The number of fused-ring (bicyclic) bond motifs is 4. The van der Waals surface area contributed by atoms with Crippen LogP contribution in [0.5, 0.6) is 17.2 Å². The van der Waals surface area contributed by atoms with E-state index < -0.39 is 11.7 Å². The summed E-state index contributed by atoms with van der Waals surface area (Å²) < 4.78 is 17.1. The molecule has 0 bridgehead atoms. The molecule has 4 rings (SSSR count). The fourth-order valence-corrected chi connectivity index (χ4v) is 3.10. The fraction of sp³-hybridized carbons (Fsp3) is 0.294. The molecule has 0 saturated carbocycles. The Morgan fingerprint density at radius 2 is 2.05 bits per heavy atom. The molecule has 2 heterocycles. The Bertz CT molecular complexity index is 697. The second-order valence-corrected chi connectivity index (χ2v) is 5.58. The Balaban J connectivity index is 1.83. The molecule has 2 atom stereocenters. The number of para-hydroxylation sites is 1. The highest BCUT2D eigenvalue weighted by Gasteiger charge is 2.48. The molecule has 108 valence electrons. The molecule has 0 aliphatic carbocycles. The van der Waals surface area contributed by atoms with Crippen LogP contribution in [0.1, 0.15) is 17.2 Å². The third-order valence-corrected chi connectivity index (χ3v) is 4.18. The third kappa shape index (κ3) is 1.87. The van der Waals surface area contributed by atoms with E-state index in [-0.39, 0.29) is 6.61 Å². The number of rotatable bonds is 1. The quantitative estimate of drug-likeness (QED) is 0.874. The van der Waals surface area contributed by atoms with Gasteiger partial charge in [-0.1, -0.05) is 18.2 Å². The molecular weight excluding hydrogens is 268 g/mol. The summed E-state index contributed by atoms with van der Waals surface area (Å²) in [6.07, 6.45) is 0.0797. The predicted molar refractivity (Wildman–Crippen MR) is 77.0 cm³/mol. The van der Waals surface area contributed by atoms with Crippen LogP contribution in [0, 0.1) is 0 Å². The van der Waals surface area contributed by atoms with Crippen molar-refractivity contribution in [1.82, 2.24) is 0 Å². The van der Waals surface area contributed by atoms with Crippen LogP contribution in [0.15, 0.2) is 42.5 Å². The molecule has 0 amide bonds. The normalized spacial score (nSPS) is 25.7. The molecule has 4 nitrogen and oxygen atoms in total. The Morgan fingerprint density at radius 1 is 1.19 bits per heavy atom. The average Bonchev–Trinajstić information content (AvgIpc) is 2.52. The van der Waals surface area contributed by atoms with Gasteiger partial charge in [0, 0.05) is 12.0 Å². The van der Waals surface area contributed by atoms with Crippen LogP contribution in [0.3, 0.4) is 0 Å². The van der Waals surface area contributed by atoms with Crippen LogP contribution in [0.2, 0.25) is 0 Å². The SMILES string of the molecule is COc1ccc2c(c1)[C@H]1Oc3ccccc3C[C@@]1(O)CO2. The number of hydrogen-bond acceptors (Lipinski definition) is 4. The van der Waals surface area contributed by atoms with Crippen LogP contribution in [0.25, 0.3) is 0 Å². The van der Waals surface area contributed by atoms with E-state index in [2.05, 4.69) is 0 Å². The third-order valence-electron chi connectivity index (χ3n) is 4.18. The standard InChI is InChI=1S/C17H16O4/c1-19-12-6-7-15-13(8-12)16-17(18,10-20-15)9-11-4-2-3-5-14(11)21-16/h2-8,16,18H,9-10H2,1H3/t16-,17-/m1/s1. The smallest absolute Gasteiger partial charge is 0.160 e. The van der Waals surface area contributed by atoms with Crippen molar-refractivity contribution in [3.05, 3.63) is 53.6 Å². The van der Waals surface area contributed by atoms with Crippen molar-refractivity contribution in [2.45, 2.75) is 18.1 Å². The maximum Gasteiger partial charge on any atom is 0.160 e. The van der Waals surface area contributed by atoms with Gasteiger partial charge in [-0.25, -0.2) is 0 Å². The summed E-state index contributed by atoms with van der Waals surface area (Å²) in [6.45, 7) is 0.228. The summed E-state index contributed by atoms with van der Waals surface area (Å²) in [4.78, 5) is 0. The number of aliphatic hydroxyl groups is 1. The van der Waals surface area contributed by atoms with Gasteiger partial charge in [0.1, 0.15) is 29.5 Å². The molecule has 2 aromatic rings. The number of methoxy groups -OCH3 is 1. The zero-order chi connectivity index (χ0) is 14.4. The molecule has 0 unspecified atom stereocenters. The molecule has 0 spiro atoms. The van der Waals surface area contributed by atoms with Crippen LogP contribution in [0.4, 0.5) is 0 Å². The summed E-state index contributed by atoms with van der Waals surface area (Å²) in [5.74, 6) is 2.29. The van der Waals surface area contributed by atoms with Gasteiger partial charge < -0.3 is 19.3 Å². The van der Waals surface area contributed by atoms with Gasteiger partial charge in [0.15, 0.2) is 6.10 Å². The highest BCUT2D eigenvalue weighted by atomic mass is 16.5. The molecule has 0 aromatic heterocycles. The number of hydrogen-bond donors (Lipinski definition) is 1. The van der Waals surface area contributed by atoms with E-state index in [1.165, 1.54) is 0 Å². The van der Waals surface area contributed by atoms with Gasteiger partial charge >= 0.3 is 0 Å². The zero-order valence-corrected chi connectivity index (χ0v) is 11.7. The molecule has 4 heteroatoms. The maximum atomic E-state index is 11.0. The molecule has 2 aromatic carbocycles. The van der Waals surface area contributed by atoms with Crippen molar-refractivity contribution in [2.24, 2.45) is 0 Å². The maximum absolute atomic E-state index is 11.0. The second-order valence-electron chi connectivity index (χ2n) is 5.58. The lowest BCUT2D eigenvalue weighted by Gasteiger charge is -2.44. The number of ether oxygens (including phenoxy) is 3. The number of benzene rings is 2. The minimum absolute atomic E-state index is 0.228. The lowest BCUT2D eigenvalue weighted by molar-refractivity contribution is -0.113. The first-order chi connectivity index (χ1) is 10.2. The lowest BCUT2D eigenvalue weighted by Crippen LogP contribution is -2.51. The van der Waals surface area contributed by atoms with Crippen molar-refractivity contribution in [3.63, 3.8) is 0 Å². The van der Waals surface area contributed by atoms with Gasteiger partial charge in [0.2, 0.25) is 0 Å². The molecule has 0 radical (unpaired) electrons. The van der Waals surface area contributed by atoms with Crippen molar-refractivity contribution >= 4 is 0 Å². The Labute approximate surface area is 122 Å². The van der Waals surface area contributed by atoms with Gasteiger partial charge in [-0.3, -0.25) is 0 Å². The molecule has 2 aliphatic rings. The van der Waals surface area contributed by atoms with E-state index in [1.807, 2.05) is 42.5 Å². The van der Waals surface area contributed by atoms with Gasteiger partial charge in [0.05, 0.1) is 7.11 Å². The topological polar surface area (TPSA) is 47.9 Å². The van der Waals surface area contributed by atoms with Gasteiger partial charge in [-0.15, -0.1) is 0 Å². The van der Waals surface area contributed by atoms with E-state index in [0.29, 0.717) is 6.42 Å². The zero-order valence-electron chi connectivity index (χ0n) is 11.7. The van der Waals surface area contributed by atoms with E-state index in [9.17, 15) is 5.11 Å². The van der Waals surface area contributed by atoms with E-state index >= 15 is 0 Å². The summed E-state index contributed by atoms with van der Waals surface area (Å²) >= 11 is 0. The highest BCUT2D eigenvalue weighted by molar-refractivity contribution is 5.48. The Hall–Kier alpha value is -2.20. The first-order valence-corrected chi connectivity index (χ1v) is 6.97. The molecular formula is C17H16O4. The van der Waals surface area contributed by atoms with E-state index in [4.69, 9.17) is 14.2 Å². The van der Waals surface area contributed by atoms with Gasteiger partial charge in [0.25, 0.3) is 0 Å². The molecule has 1 N–H and O–H groups in total. The van der Waals surface area contributed by atoms with Crippen molar-refractivity contribution < 1.29 is 19.3 Å². The first-order valence-electron chi connectivity index (χ1n) is 6.97. The minimum Gasteiger partial charge on any atom is -0.497 e.